The Morgan fingerprint density at radius 2 is 1.82 bits per heavy atom. The Balaban J connectivity index is 0.00000242. The maximum absolute atomic E-state index is 12.4. The molecule has 0 radical (unpaired) electrons. The third-order valence-electron chi connectivity index (χ3n) is 4.40. The molecular formula is C14H25F3IN3O. The number of fused-ring (bicyclic) bond motifs is 1. The highest BCUT2D eigenvalue weighted by Gasteiger charge is 2.39. The van der Waals surface area contributed by atoms with Crippen molar-refractivity contribution in [3.05, 3.63) is 0 Å². The largest absolute Gasteiger partial charge is 0.416 e. The van der Waals surface area contributed by atoms with Crippen molar-refractivity contribution in [3.8, 4) is 0 Å². The van der Waals surface area contributed by atoms with Gasteiger partial charge in [0.2, 0.25) is 0 Å². The summed E-state index contributed by atoms with van der Waals surface area (Å²) < 4.78 is 37.1. The van der Waals surface area contributed by atoms with E-state index in [1.54, 1.807) is 0 Å². The first-order chi connectivity index (χ1) is 9.91. The fourth-order valence-electron chi connectivity index (χ4n) is 3.28. The van der Waals surface area contributed by atoms with Crippen molar-refractivity contribution in [1.29, 1.82) is 0 Å². The van der Waals surface area contributed by atoms with Crippen LogP contribution >= 0.6 is 24.0 Å². The van der Waals surface area contributed by atoms with Crippen molar-refractivity contribution in [2.45, 2.75) is 44.9 Å². The first-order valence-electron chi connectivity index (χ1n) is 7.69. The molecule has 2 aliphatic rings. The molecule has 0 aromatic rings. The highest BCUT2D eigenvalue weighted by Crippen LogP contribution is 2.36. The monoisotopic (exact) mass is 435 g/mol. The van der Waals surface area contributed by atoms with E-state index in [1.165, 1.54) is 25.7 Å². The molecule has 0 spiro atoms. The molecule has 2 fully saturated rings. The smallest absolute Gasteiger partial charge is 0.382 e. The molecule has 22 heavy (non-hydrogen) atoms. The van der Waals surface area contributed by atoms with Crippen molar-refractivity contribution >= 4 is 29.9 Å². The molecule has 1 saturated carbocycles. The second-order valence-corrected chi connectivity index (χ2v) is 5.96. The van der Waals surface area contributed by atoms with E-state index in [4.69, 9.17) is 5.11 Å². The Morgan fingerprint density at radius 1 is 1.27 bits per heavy atom. The summed E-state index contributed by atoms with van der Waals surface area (Å²) in [5, 5.41) is 12.1. The summed E-state index contributed by atoms with van der Waals surface area (Å²) in [4.78, 5) is 6.03. The molecule has 0 bridgehead atoms. The molecule has 8 heteroatoms. The number of rotatable bonds is 3. The third kappa shape index (κ3) is 5.14. The van der Waals surface area contributed by atoms with Crippen LogP contribution in [0.2, 0.25) is 0 Å². The lowest BCUT2D eigenvalue weighted by atomic mass is 9.82. The molecule has 3 unspecified atom stereocenters. The second-order valence-electron chi connectivity index (χ2n) is 5.96. The Morgan fingerprint density at radius 3 is 2.27 bits per heavy atom. The summed E-state index contributed by atoms with van der Waals surface area (Å²) in [6.45, 7) is 3.57. The van der Waals surface area contributed by atoms with Crippen LogP contribution in [-0.2, 0) is 0 Å². The predicted octanol–water partition coefficient (Wildman–Crippen LogP) is 2.62. The molecule has 3 atom stereocenters. The van der Waals surface area contributed by atoms with Crippen LogP contribution in [0.25, 0.3) is 0 Å². The molecule has 2 rings (SSSR count). The normalized spacial score (nSPS) is 27.1. The minimum Gasteiger partial charge on any atom is -0.382 e. The van der Waals surface area contributed by atoms with Gasteiger partial charge in [0.1, 0.15) is 0 Å². The van der Waals surface area contributed by atoms with Gasteiger partial charge in [-0.3, -0.25) is 4.99 Å². The molecule has 0 amide bonds. The number of aliphatic imine (C=N–C) groups is 1. The highest BCUT2D eigenvalue weighted by atomic mass is 127. The number of nitrogens with zero attached hydrogens (tertiary/aromatic N) is 2. The summed E-state index contributed by atoms with van der Waals surface area (Å²) in [7, 11) is 0. The number of halogens is 4. The topological polar surface area (TPSA) is 47.9 Å². The molecule has 1 aliphatic carbocycles. The van der Waals surface area contributed by atoms with Gasteiger partial charge in [-0.2, -0.15) is 13.2 Å². The van der Waals surface area contributed by atoms with E-state index < -0.39 is 18.8 Å². The third-order valence-corrected chi connectivity index (χ3v) is 4.40. The molecule has 130 valence electrons. The van der Waals surface area contributed by atoms with Crippen LogP contribution in [0.1, 0.15) is 32.6 Å². The van der Waals surface area contributed by atoms with E-state index in [0.717, 1.165) is 13.1 Å². The van der Waals surface area contributed by atoms with E-state index >= 15 is 0 Å². The molecular weight excluding hydrogens is 410 g/mol. The van der Waals surface area contributed by atoms with E-state index in [-0.39, 0.29) is 24.0 Å². The lowest BCUT2D eigenvalue weighted by Gasteiger charge is -2.22. The number of nitrogens with one attached hydrogen (secondary N) is 1. The van der Waals surface area contributed by atoms with Crippen LogP contribution in [0.3, 0.4) is 0 Å². The standard InChI is InChI=1S/C14H24F3N3O.HI/c1-2-18-13(19-7-12(21)14(15,16)17)20-8-10-5-3-4-6-11(10)9-20;/h10-12,21H,2-9H2,1H3,(H,18,19);1H. The minimum absolute atomic E-state index is 0. The second kappa shape index (κ2) is 8.56. The molecule has 1 heterocycles. The molecule has 1 aliphatic heterocycles. The number of aliphatic hydroxyl groups excluding tert-OH is 1. The first-order valence-corrected chi connectivity index (χ1v) is 7.69. The average Bonchev–Trinajstić information content (AvgIpc) is 2.85. The summed E-state index contributed by atoms with van der Waals surface area (Å²) in [5.41, 5.74) is 0. The number of alkyl halides is 3. The molecule has 0 aromatic carbocycles. The average molecular weight is 435 g/mol. The summed E-state index contributed by atoms with van der Waals surface area (Å²) >= 11 is 0. The lowest BCUT2D eigenvalue weighted by Crippen LogP contribution is -2.41. The van der Waals surface area contributed by atoms with Crippen LogP contribution in [0.5, 0.6) is 0 Å². The first kappa shape index (κ1) is 19.8. The molecule has 4 nitrogen and oxygen atoms in total. The van der Waals surface area contributed by atoms with Crippen LogP contribution < -0.4 is 5.32 Å². The van der Waals surface area contributed by atoms with E-state index in [2.05, 4.69) is 10.3 Å². The van der Waals surface area contributed by atoms with Crippen molar-refractivity contribution in [3.63, 3.8) is 0 Å². The van der Waals surface area contributed by atoms with Crippen molar-refractivity contribution in [1.82, 2.24) is 10.2 Å². The number of aliphatic hydroxyl groups is 1. The van der Waals surface area contributed by atoms with Gasteiger partial charge in [-0.15, -0.1) is 24.0 Å². The fourth-order valence-corrected chi connectivity index (χ4v) is 3.28. The van der Waals surface area contributed by atoms with Gasteiger partial charge in [-0.25, -0.2) is 0 Å². The van der Waals surface area contributed by atoms with Gasteiger partial charge in [0, 0.05) is 19.6 Å². The Labute approximate surface area is 146 Å². The zero-order chi connectivity index (χ0) is 15.5. The van der Waals surface area contributed by atoms with Gasteiger partial charge >= 0.3 is 6.18 Å². The van der Waals surface area contributed by atoms with Gasteiger partial charge in [-0.05, 0) is 31.6 Å². The number of guanidine groups is 1. The zero-order valence-electron chi connectivity index (χ0n) is 12.8. The van der Waals surface area contributed by atoms with Gasteiger partial charge in [-0.1, -0.05) is 12.8 Å². The van der Waals surface area contributed by atoms with E-state index in [1.807, 2.05) is 11.8 Å². The number of likely N-dealkylation sites (tertiary alicyclic amines) is 1. The highest BCUT2D eigenvalue weighted by molar-refractivity contribution is 14.0. The van der Waals surface area contributed by atoms with Crippen LogP contribution in [0.15, 0.2) is 4.99 Å². The van der Waals surface area contributed by atoms with Gasteiger partial charge in [0.15, 0.2) is 12.1 Å². The van der Waals surface area contributed by atoms with Gasteiger partial charge in [0.25, 0.3) is 0 Å². The minimum atomic E-state index is -4.61. The lowest BCUT2D eigenvalue weighted by molar-refractivity contribution is -0.199. The molecule has 0 aromatic heterocycles. The summed E-state index contributed by atoms with van der Waals surface area (Å²) in [6.07, 6.45) is -2.11. The van der Waals surface area contributed by atoms with Crippen LogP contribution in [-0.4, -0.2) is 54.4 Å². The van der Waals surface area contributed by atoms with Crippen molar-refractivity contribution in [2.24, 2.45) is 16.8 Å². The molecule has 2 N–H and O–H groups in total. The molecule has 1 saturated heterocycles. The maximum Gasteiger partial charge on any atom is 0.416 e. The zero-order valence-corrected chi connectivity index (χ0v) is 15.1. The Hall–Kier alpha value is -0.250. The number of hydrogen-bond donors (Lipinski definition) is 2. The Kier molecular flexibility index (Phi) is 7.70. The number of hydrogen-bond acceptors (Lipinski definition) is 2. The summed E-state index contributed by atoms with van der Waals surface area (Å²) in [5.74, 6) is 1.76. The maximum atomic E-state index is 12.4. The van der Waals surface area contributed by atoms with Crippen molar-refractivity contribution in [2.75, 3.05) is 26.2 Å². The SMILES string of the molecule is CCNC(=NCC(O)C(F)(F)F)N1CC2CCCCC2C1.I. The van der Waals surface area contributed by atoms with E-state index in [9.17, 15) is 13.2 Å². The van der Waals surface area contributed by atoms with Crippen LogP contribution in [0, 0.1) is 11.8 Å². The van der Waals surface area contributed by atoms with E-state index in [0.29, 0.717) is 24.3 Å². The quantitative estimate of drug-likeness (QED) is 0.407. The fraction of sp³-hybridized carbons (Fsp3) is 0.929. The van der Waals surface area contributed by atoms with Crippen LogP contribution in [0.4, 0.5) is 13.2 Å². The summed E-state index contributed by atoms with van der Waals surface area (Å²) in [6, 6.07) is 0. The van der Waals surface area contributed by atoms with Gasteiger partial charge in [0.05, 0.1) is 6.54 Å². The van der Waals surface area contributed by atoms with Crippen molar-refractivity contribution < 1.29 is 18.3 Å². The Bertz CT molecular complexity index is 365. The van der Waals surface area contributed by atoms with Gasteiger partial charge < -0.3 is 15.3 Å². The predicted molar refractivity (Wildman–Crippen MR) is 90.5 cm³/mol.